The van der Waals surface area contributed by atoms with Crippen molar-refractivity contribution < 1.29 is 4.79 Å². The minimum absolute atomic E-state index is 0.258. The summed E-state index contributed by atoms with van der Waals surface area (Å²) >= 11 is 0. The van der Waals surface area contributed by atoms with Gasteiger partial charge in [-0.3, -0.25) is 9.78 Å². The number of Topliss-reactive ketones (excluding diaryl/α,β-unsaturated/α-hetero) is 1. The van der Waals surface area contributed by atoms with E-state index in [0.29, 0.717) is 12.3 Å². The van der Waals surface area contributed by atoms with Gasteiger partial charge in [-0.1, -0.05) is 68.8 Å². The van der Waals surface area contributed by atoms with Crippen LogP contribution in [0.15, 0.2) is 67.0 Å². The molecule has 1 heterocycles. The van der Waals surface area contributed by atoms with Crippen LogP contribution in [0.1, 0.15) is 71.3 Å². The average Bonchev–Trinajstić information content (AvgIpc) is 2.74. The largest absolute Gasteiger partial charge is 0.294 e. The van der Waals surface area contributed by atoms with Gasteiger partial charge in [0.25, 0.3) is 0 Å². The lowest BCUT2D eigenvalue weighted by Crippen LogP contribution is -2.02. The van der Waals surface area contributed by atoms with E-state index in [1.807, 2.05) is 18.2 Å². The van der Waals surface area contributed by atoms with Gasteiger partial charge in [0.1, 0.15) is 0 Å². The van der Waals surface area contributed by atoms with E-state index >= 15 is 0 Å². The Morgan fingerprint density at radius 1 is 0.967 bits per heavy atom. The Morgan fingerprint density at radius 3 is 2.47 bits per heavy atom. The van der Waals surface area contributed by atoms with Gasteiger partial charge in [-0.2, -0.15) is 0 Å². The molecule has 0 fully saturated rings. The first-order chi connectivity index (χ1) is 14.5. The molecule has 0 bridgehead atoms. The number of benzene rings is 2. The molecule has 0 atom stereocenters. The first-order valence-electron chi connectivity index (χ1n) is 10.8. The van der Waals surface area contributed by atoms with Crippen molar-refractivity contribution >= 4 is 17.9 Å². The lowest BCUT2D eigenvalue weighted by atomic mass is 9.95. The molecule has 2 nitrogen and oxygen atoms in total. The molecular weight excluding hydrogens is 366 g/mol. The number of rotatable bonds is 9. The minimum Gasteiger partial charge on any atom is -0.294 e. The lowest BCUT2D eigenvalue weighted by molar-refractivity contribution is 0.0978. The predicted molar refractivity (Wildman–Crippen MR) is 127 cm³/mol. The molecule has 2 heteroatoms. The van der Waals surface area contributed by atoms with Gasteiger partial charge in [0.15, 0.2) is 5.78 Å². The zero-order valence-electron chi connectivity index (χ0n) is 18.3. The summed E-state index contributed by atoms with van der Waals surface area (Å²) in [6.07, 6.45) is 11.4. The molecule has 0 aliphatic carbocycles. The van der Waals surface area contributed by atoms with E-state index in [4.69, 9.17) is 0 Å². The molecule has 154 valence electrons. The summed E-state index contributed by atoms with van der Waals surface area (Å²) in [6.45, 7) is 6.51. The van der Waals surface area contributed by atoms with Crippen LogP contribution in [-0.2, 0) is 6.42 Å². The molecule has 0 aliphatic rings. The molecule has 0 saturated carbocycles. The average molecular weight is 398 g/mol. The summed E-state index contributed by atoms with van der Waals surface area (Å²) in [5.41, 5.74) is 6.88. The van der Waals surface area contributed by atoms with Crippen LogP contribution in [0.3, 0.4) is 0 Å². The fourth-order valence-corrected chi connectivity index (χ4v) is 3.58. The van der Waals surface area contributed by atoms with E-state index in [0.717, 1.165) is 30.4 Å². The summed E-state index contributed by atoms with van der Waals surface area (Å²) < 4.78 is 0. The Kier molecular flexibility index (Phi) is 7.73. The molecule has 1 aromatic heterocycles. The Morgan fingerprint density at radius 2 is 1.73 bits per heavy atom. The Bertz CT molecular complexity index is 1000. The maximum absolute atomic E-state index is 12.5. The first-order valence-corrected chi connectivity index (χ1v) is 10.8. The molecule has 0 amide bonds. The highest BCUT2D eigenvalue weighted by molar-refractivity contribution is 5.96. The molecule has 0 aliphatic heterocycles. The van der Waals surface area contributed by atoms with Gasteiger partial charge in [-0.25, -0.2) is 0 Å². The molecule has 0 unspecified atom stereocenters. The number of carbonyl (C=O) groups excluding carboxylic acids is 1. The first kappa shape index (κ1) is 21.7. The molecule has 30 heavy (non-hydrogen) atoms. The number of aryl methyl sites for hydroxylation is 1. The Labute approximate surface area is 180 Å². The third-order valence-corrected chi connectivity index (χ3v) is 5.37. The molecule has 0 N–H and O–H groups in total. The van der Waals surface area contributed by atoms with Crippen molar-refractivity contribution in [3.63, 3.8) is 0 Å². The zero-order valence-corrected chi connectivity index (χ0v) is 18.3. The van der Waals surface area contributed by atoms with E-state index in [1.165, 1.54) is 22.3 Å². The van der Waals surface area contributed by atoms with Crippen LogP contribution in [0.2, 0.25) is 0 Å². The predicted octanol–water partition coefficient (Wildman–Crippen LogP) is 7.16. The number of aromatic nitrogens is 1. The summed E-state index contributed by atoms with van der Waals surface area (Å²) in [5.74, 6) is 0.908. The van der Waals surface area contributed by atoms with E-state index in [1.54, 1.807) is 12.4 Å². The van der Waals surface area contributed by atoms with Gasteiger partial charge in [0.05, 0.1) is 0 Å². The van der Waals surface area contributed by atoms with Crippen LogP contribution in [0.25, 0.3) is 12.2 Å². The van der Waals surface area contributed by atoms with E-state index in [-0.39, 0.29) is 5.78 Å². The molecule has 3 rings (SSSR count). The normalized spacial score (nSPS) is 11.3. The molecule has 2 aromatic carbocycles. The fraction of sp³-hybridized carbons (Fsp3) is 0.286. The number of carbonyl (C=O) groups is 1. The monoisotopic (exact) mass is 397 g/mol. The summed E-state index contributed by atoms with van der Waals surface area (Å²) in [5, 5.41) is 0. The van der Waals surface area contributed by atoms with Crippen LogP contribution in [-0.4, -0.2) is 10.8 Å². The van der Waals surface area contributed by atoms with Crippen molar-refractivity contribution in [2.24, 2.45) is 5.92 Å². The highest BCUT2D eigenvalue weighted by Gasteiger charge is 2.09. The van der Waals surface area contributed by atoms with Crippen molar-refractivity contribution in [2.45, 2.75) is 46.5 Å². The summed E-state index contributed by atoms with van der Waals surface area (Å²) in [4.78, 5) is 16.5. The number of nitrogens with zero attached hydrogens (tertiary/aromatic N) is 1. The van der Waals surface area contributed by atoms with Gasteiger partial charge < -0.3 is 0 Å². The smallest absolute Gasteiger partial charge is 0.162 e. The van der Waals surface area contributed by atoms with E-state index in [2.05, 4.69) is 74.3 Å². The third-order valence-electron chi connectivity index (χ3n) is 5.37. The number of hydrogen-bond acceptors (Lipinski definition) is 2. The van der Waals surface area contributed by atoms with Crippen molar-refractivity contribution in [3.05, 3.63) is 100 Å². The maximum Gasteiger partial charge on any atom is 0.162 e. The SMILES string of the molecule is Cc1cc(C(=O)CCCC(C)C)ccc1Cc1cccc(/C=C/c2ccncc2)c1. The van der Waals surface area contributed by atoms with Crippen LogP contribution in [0, 0.1) is 12.8 Å². The van der Waals surface area contributed by atoms with Gasteiger partial charge in [-0.15, -0.1) is 0 Å². The second kappa shape index (κ2) is 10.7. The second-order valence-electron chi connectivity index (χ2n) is 8.39. The van der Waals surface area contributed by atoms with E-state index < -0.39 is 0 Å². The van der Waals surface area contributed by atoms with E-state index in [9.17, 15) is 4.79 Å². The van der Waals surface area contributed by atoms with Crippen molar-refractivity contribution in [1.82, 2.24) is 4.98 Å². The van der Waals surface area contributed by atoms with Crippen molar-refractivity contribution in [1.29, 1.82) is 0 Å². The summed E-state index contributed by atoms with van der Waals surface area (Å²) in [6, 6.07) is 18.8. The number of pyridine rings is 1. The molecule has 0 saturated heterocycles. The lowest BCUT2D eigenvalue weighted by Gasteiger charge is -2.10. The Balaban J connectivity index is 1.66. The highest BCUT2D eigenvalue weighted by Crippen LogP contribution is 2.19. The third kappa shape index (κ3) is 6.52. The van der Waals surface area contributed by atoms with Crippen molar-refractivity contribution in [3.8, 4) is 0 Å². The molecule has 3 aromatic rings. The number of hydrogen-bond donors (Lipinski definition) is 0. The van der Waals surface area contributed by atoms with Gasteiger partial charge in [-0.05, 0) is 71.7 Å². The highest BCUT2D eigenvalue weighted by atomic mass is 16.1. The van der Waals surface area contributed by atoms with Crippen LogP contribution in [0.5, 0.6) is 0 Å². The van der Waals surface area contributed by atoms with Crippen LogP contribution >= 0.6 is 0 Å². The fourth-order valence-electron chi connectivity index (χ4n) is 3.58. The quantitative estimate of drug-likeness (QED) is 0.359. The second-order valence-corrected chi connectivity index (χ2v) is 8.39. The molecule has 0 radical (unpaired) electrons. The number of ketones is 1. The van der Waals surface area contributed by atoms with Gasteiger partial charge >= 0.3 is 0 Å². The zero-order chi connectivity index (χ0) is 21.3. The Hall–Kier alpha value is -3.00. The molecular formula is C28H31NO. The van der Waals surface area contributed by atoms with Gasteiger partial charge in [0, 0.05) is 24.4 Å². The summed E-state index contributed by atoms with van der Waals surface area (Å²) in [7, 11) is 0. The van der Waals surface area contributed by atoms with Crippen molar-refractivity contribution in [2.75, 3.05) is 0 Å². The topological polar surface area (TPSA) is 30.0 Å². The van der Waals surface area contributed by atoms with Gasteiger partial charge in [0.2, 0.25) is 0 Å². The standard InChI is InChI=1S/C28H31NO/c1-21(2)6-4-9-28(30)27-13-12-26(22(3)18-27)20-25-8-5-7-24(19-25)11-10-23-14-16-29-17-15-23/h5,7-8,10-19,21H,4,6,9,20H2,1-3H3/b11-10+. The molecule has 0 spiro atoms. The maximum atomic E-state index is 12.5. The minimum atomic E-state index is 0.258. The van der Waals surface area contributed by atoms with Crippen LogP contribution < -0.4 is 0 Å². The van der Waals surface area contributed by atoms with Crippen LogP contribution in [0.4, 0.5) is 0 Å².